The molecule has 1 aromatic carbocycles. The number of piperidine rings is 1. The topological polar surface area (TPSA) is 76.2 Å². The van der Waals surface area contributed by atoms with E-state index in [4.69, 9.17) is 0 Å². The fourth-order valence-corrected chi connectivity index (χ4v) is 5.52. The van der Waals surface area contributed by atoms with Crippen molar-refractivity contribution in [1.29, 1.82) is 0 Å². The van der Waals surface area contributed by atoms with E-state index in [0.29, 0.717) is 13.1 Å². The summed E-state index contributed by atoms with van der Waals surface area (Å²) in [5.41, 5.74) is 6.20. The van der Waals surface area contributed by atoms with Crippen LogP contribution in [0.5, 0.6) is 0 Å². The van der Waals surface area contributed by atoms with Crippen molar-refractivity contribution in [1.82, 2.24) is 15.3 Å². The number of hydrogen-bond donors (Lipinski definition) is 1. The molecule has 0 aromatic heterocycles. The second kappa shape index (κ2) is 9.06. The first kappa shape index (κ1) is 22.3. The molecule has 3 heterocycles. The van der Waals surface area contributed by atoms with Crippen molar-refractivity contribution < 1.29 is 14.4 Å². The molecule has 8 nitrogen and oxygen atoms in total. The molecular formula is C25H35N5O3. The van der Waals surface area contributed by atoms with E-state index in [9.17, 15) is 14.4 Å². The number of anilines is 2. The molecule has 3 fully saturated rings. The minimum atomic E-state index is -0.0482. The van der Waals surface area contributed by atoms with Crippen LogP contribution in [0.4, 0.5) is 11.4 Å². The molecule has 3 aliphatic heterocycles. The highest BCUT2D eigenvalue weighted by Gasteiger charge is 2.40. The van der Waals surface area contributed by atoms with Gasteiger partial charge in [0.2, 0.25) is 17.7 Å². The third kappa shape index (κ3) is 4.51. The van der Waals surface area contributed by atoms with Crippen molar-refractivity contribution in [2.75, 3.05) is 49.1 Å². The van der Waals surface area contributed by atoms with Gasteiger partial charge >= 0.3 is 0 Å². The first-order valence-electron chi connectivity index (χ1n) is 12.4. The molecule has 1 N–H and O–H groups in total. The Morgan fingerprint density at radius 1 is 1.03 bits per heavy atom. The molecule has 8 heteroatoms. The number of hydrogen-bond acceptors (Lipinski definition) is 5. The zero-order valence-corrected chi connectivity index (χ0v) is 19.8. The van der Waals surface area contributed by atoms with E-state index in [1.807, 2.05) is 32.7 Å². The van der Waals surface area contributed by atoms with E-state index in [1.165, 1.54) is 6.42 Å². The number of carbonyl (C=O) groups is 3. The van der Waals surface area contributed by atoms with Gasteiger partial charge in [0, 0.05) is 51.5 Å². The Kier molecular flexibility index (Phi) is 6.14. The second-order valence-corrected chi connectivity index (χ2v) is 10.1. The zero-order chi connectivity index (χ0) is 23.1. The summed E-state index contributed by atoms with van der Waals surface area (Å²) in [4.78, 5) is 43.8. The Bertz CT molecular complexity index is 940. The number of hydrazine groups is 1. The van der Waals surface area contributed by atoms with Crippen molar-refractivity contribution in [3.05, 3.63) is 23.8 Å². The monoisotopic (exact) mass is 453 g/mol. The quantitative estimate of drug-likeness (QED) is 0.756. The SMILES string of the molecule is CC(=O)N1c2ccc(C3CNN(CC(=O)N4CCCCC4)C3)cc2N(C(=O)C2CC2)C[C@@H]1C. The molecule has 4 aliphatic rings. The van der Waals surface area contributed by atoms with Gasteiger partial charge in [0.15, 0.2) is 0 Å². The number of nitrogens with zero attached hydrogens (tertiary/aromatic N) is 4. The Labute approximate surface area is 195 Å². The number of rotatable bonds is 4. The molecule has 3 amide bonds. The summed E-state index contributed by atoms with van der Waals surface area (Å²) in [5, 5.41) is 2.03. The van der Waals surface area contributed by atoms with E-state index in [0.717, 1.165) is 68.8 Å². The van der Waals surface area contributed by atoms with Gasteiger partial charge in [0.05, 0.1) is 24.0 Å². The Morgan fingerprint density at radius 2 is 1.79 bits per heavy atom. The summed E-state index contributed by atoms with van der Waals surface area (Å²) >= 11 is 0. The van der Waals surface area contributed by atoms with Crippen molar-refractivity contribution in [2.24, 2.45) is 5.92 Å². The largest absolute Gasteiger partial charge is 0.342 e. The normalized spacial score (nSPS) is 25.8. The van der Waals surface area contributed by atoms with Gasteiger partial charge in [-0.05, 0) is 56.7 Å². The molecule has 0 spiro atoms. The van der Waals surface area contributed by atoms with Crippen LogP contribution in [-0.2, 0) is 14.4 Å². The average Bonchev–Trinajstić information content (AvgIpc) is 3.56. The lowest BCUT2D eigenvalue weighted by Gasteiger charge is -2.41. The van der Waals surface area contributed by atoms with E-state index in [2.05, 4.69) is 17.6 Å². The van der Waals surface area contributed by atoms with Crippen LogP contribution < -0.4 is 15.2 Å². The molecule has 0 radical (unpaired) electrons. The predicted molar refractivity (Wildman–Crippen MR) is 127 cm³/mol. The number of carbonyl (C=O) groups excluding carboxylic acids is 3. The molecule has 5 rings (SSSR count). The van der Waals surface area contributed by atoms with Crippen molar-refractivity contribution in [2.45, 2.75) is 57.9 Å². The van der Waals surface area contributed by atoms with E-state index in [-0.39, 0.29) is 35.6 Å². The molecular weight excluding hydrogens is 418 g/mol. The van der Waals surface area contributed by atoms with Gasteiger partial charge in [0.1, 0.15) is 0 Å². The summed E-state index contributed by atoms with van der Waals surface area (Å²) in [6, 6.07) is 6.12. The van der Waals surface area contributed by atoms with E-state index in [1.54, 1.807) is 6.92 Å². The summed E-state index contributed by atoms with van der Waals surface area (Å²) < 4.78 is 0. The molecule has 0 bridgehead atoms. The van der Waals surface area contributed by atoms with Crippen molar-refractivity contribution >= 4 is 29.1 Å². The number of likely N-dealkylation sites (tertiary alicyclic amines) is 1. The van der Waals surface area contributed by atoms with Gasteiger partial charge in [-0.3, -0.25) is 19.8 Å². The lowest BCUT2D eigenvalue weighted by atomic mass is 9.96. The van der Waals surface area contributed by atoms with Gasteiger partial charge in [-0.1, -0.05) is 6.07 Å². The molecule has 1 aromatic rings. The molecule has 1 aliphatic carbocycles. The number of amides is 3. The highest BCUT2D eigenvalue weighted by atomic mass is 16.2. The average molecular weight is 454 g/mol. The van der Waals surface area contributed by atoms with Crippen LogP contribution in [0, 0.1) is 5.92 Å². The second-order valence-electron chi connectivity index (χ2n) is 10.1. The highest BCUT2D eigenvalue weighted by Crippen LogP contribution is 2.41. The van der Waals surface area contributed by atoms with Crippen LogP contribution in [0.3, 0.4) is 0 Å². The zero-order valence-electron chi connectivity index (χ0n) is 19.8. The van der Waals surface area contributed by atoms with Gasteiger partial charge in [-0.2, -0.15) is 0 Å². The van der Waals surface area contributed by atoms with Crippen LogP contribution in [0.25, 0.3) is 0 Å². The molecule has 1 unspecified atom stereocenters. The fourth-order valence-electron chi connectivity index (χ4n) is 5.52. The van der Waals surface area contributed by atoms with Crippen LogP contribution in [0.1, 0.15) is 57.4 Å². The van der Waals surface area contributed by atoms with E-state index < -0.39 is 0 Å². The maximum atomic E-state index is 13.1. The third-order valence-corrected chi connectivity index (χ3v) is 7.48. The van der Waals surface area contributed by atoms with Gasteiger partial charge < -0.3 is 14.7 Å². The maximum absolute atomic E-state index is 13.1. The number of benzene rings is 1. The first-order chi connectivity index (χ1) is 15.9. The molecule has 2 atom stereocenters. The van der Waals surface area contributed by atoms with Crippen LogP contribution in [-0.4, -0.2) is 72.9 Å². The standard InChI is InChI=1S/C25H35N5O3/c1-17-14-29(25(33)19-6-7-19)23-12-20(8-9-22(23)30(17)18(2)31)21-13-26-28(15-21)16-24(32)27-10-4-3-5-11-27/h8-9,12,17,19,21,26H,3-7,10-11,13-16H2,1-2H3/t17-,21?/m0/s1. The van der Waals surface area contributed by atoms with Crippen LogP contribution in [0.2, 0.25) is 0 Å². The number of nitrogens with one attached hydrogen (secondary N) is 1. The predicted octanol–water partition coefficient (Wildman–Crippen LogP) is 2.10. The molecule has 1 saturated carbocycles. The molecule has 2 saturated heterocycles. The molecule has 33 heavy (non-hydrogen) atoms. The summed E-state index contributed by atoms with van der Waals surface area (Å²) in [6.45, 7) is 7.77. The Hall–Kier alpha value is -2.45. The smallest absolute Gasteiger partial charge is 0.238 e. The van der Waals surface area contributed by atoms with E-state index >= 15 is 0 Å². The lowest BCUT2D eigenvalue weighted by Crippen LogP contribution is -2.51. The van der Waals surface area contributed by atoms with Gasteiger partial charge in [-0.25, -0.2) is 5.01 Å². The molecule has 178 valence electrons. The summed E-state index contributed by atoms with van der Waals surface area (Å²) in [5.74, 6) is 0.733. The third-order valence-electron chi connectivity index (χ3n) is 7.48. The maximum Gasteiger partial charge on any atom is 0.238 e. The minimum absolute atomic E-state index is 0.0000424. The fraction of sp³-hybridized carbons (Fsp3) is 0.640. The van der Waals surface area contributed by atoms with Gasteiger partial charge in [-0.15, -0.1) is 0 Å². The highest BCUT2D eigenvalue weighted by molar-refractivity contribution is 6.05. The summed E-state index contributed by atoms with van der Waals surface area (Å²) in [6.07, 6.45) is 5.33. The Morgan fingerprint density at radius 3 is 2.48 bits per heavy atom. The summed E-state index contributed by atoms with van der Waals surface area (Å²) in [7, 11) is 0. The minimum Gasteiger partial charge on any atom is -0.342 e. The van der Waals surface area contributed by atoms with Crippen LogP contribution >= 0.6 is 0 Å². The van der Waals surface area contributed by atoms with Crippen LogP contribution in [0.15, 0.2) is 18.2 Å². The Balaban J connectivity index is 1.33. The first-order valence-corrected chi connectivity index (χ1v) is 12.4. The van der Waals surface area contributed by atoms with Gasteiger partial charge in [0.25, 0.3) is 0 Å². The van der Waals surface area contributed by atoms with Crippen molar-refractivity contribution in [3.63, 3.8) is 0 Å². The lowest BCUT2D eigenvalue weighted by molar-refractivity contribution is -0.133. The van der Waals surface area contributed by atoms with Crippen molar-refractivity contribution in [3.8, 4) is 0 Å². The number of fused-ring (bicyclic) bond motifs is 1.